The Bertz CT molecular complexity index is 1140. The molecule has 0 aliphatic carbocycles. The number of amides is 1. The predicted molar refractivity (Wildman–Crippen MR) is 133 cm³/mol. The molecule has 3 aromatic carbocycles. The molecule has 1 saturated heterocycles. The summed E-state index contributed by atoms with van der Waals surface area (Å²) < 4.78 is 27.8. The molecule has 34 heavy (non-hydrogen) atoms. The molecule has 0 bridgehead atoms. The van der Waals surface area contributed by atoms with Crippen molar-refractivity contribution in [2.75, 3.05) is 19.6 Å². The van der Waals surface area contributed by atoms with E-state index in [1.807, 2.05) is 12.1 Å². The highest BCUT2D eigenvalue weighted by Crippen LogP contribution is 2.35. The van der Waals surface area contributed by atoms with Crippen molar-refractivity contribution in [2.45, 2.75) is 39.0 Å². The first-order valence-electron chi connectivity index (χ1n) is 12.0. The van der Waals surface area contributed by atoms with E-state index < -0.39 is 11.6 Å². The zero-order valence-corrected chi connectivity index (χ0v) is 19.8. The monoisotopic (exact) mass is 462 g/mol. The Morgan fingerprint density at radius 3 is 2.53 bits per heavy atom. The first-order valence-corrected chi connectivity index (χ1v) is 12.0. The lowest BCUT2D eigenvalue weighted by atomic mass is 9.77. The van der Waals surface area contributed by atoms with Crippen molar-refractivity contribution in [3.8, 4) is 11.1 Å². The fraction of sp³-hybridized carbons (Fsp3) is 0.345. The van der Waals surface area contributed by atoms with Gasteiger partial charge in [-0.05, 0) is 96.6 Å². The number of hydrogen-bond donors (Lipinski definition) is 2. The summed E-state index contributed by atoms with van der Waals surface area (Å²) in [6.07, 6.45) is 2.49. The lowest BCUT2D eigenvalue weighted by molar-refractivity contribution is -0.118. The van der Waals surface area contributed by atoms with Crippen molar-refractivity contribution in [3.05, 3.63) is 94.6 Å². The van der Waals surface area contributed by atoms with Crippen LogP contribution in [0, 0.1) is 24.5 Å². The summed E-state index contributed by atoms with van der Waals surface area (Å²) in [6, 6.07) is 18.8. The zero-order valence-electron chi connectivity index (χ0n) is 19.8. The van der Waals surface area contributed by atoms with Gasteiger partial charge in [-0.2, -0.15) is 0 Å². The van der Waals surface area contributed by atoms with Gasteiger partial charge in [0.25, 0.3) is 0 Å². The van der Waals surface area contributed by atoms with Gasteiger partial charge in [0, 0.05) is 19.5 Å². The third kappa shape index (κ3) is 5.89. The van der Waals surface area contributed by atoms with E-state index in [0.717, 1.165) is 49.5 Å². The molecule has 0 spiro atoms. The molecule has 3 nitrogen and oxygen atoms in total. The van der Waals surface area contributed by atoms with Gasteiger partial charge in [-0.25, -0.2) is 8.78 Å². The average molecular weight is 463 g/mol. The normalized spacial score (nSPS) is 18.0. The van der Waals surface area contributed by atoms with Gasteiger partial charge in [0.2, 0.25) is 5.91 Å². The number of rotatable bonds is 7. The van der Waals surface area contributed by atoms with Crippen LogP contribution in [0.3, 0.4) is 0 Å². The largest absolute Gasteiger partial charge is 0.356 e. The number of halogens is 2. The zero-order chi connectivity index (χ0) is 24.1. The Kier molecular flexibility index (Phi) is 7.73. The maximum Gasteiger partial charge on any atom is 0.216 e. The maximum absolute atomic E-state index is 13.9. The van der Waals surface area contributed by atoms with Crippen molar-refractivity contribution in [1.82, 2.24) is 10.6 Å². The third-order valence-corrected chi connectivity index (χ3v) is 6.84. The van der Waals surface area contributed by atoms with Gasteiger partial charge in [0.15, 0.2) is 0 Å². The lowest BCUT2D eigenvalue weighted by Gasteiger charge is -2.33. The predicted octanol–water partition coefficient (Wildman–Crippen LogP) is 5.55. The summed E-state index contributed by atoms with van der Waals surface area (Å²) in [5.41, 5.74) is 6.76. The fourth-order valence-electron chi connectivity index (χ4n) is 5.13. The molecule has 0 aromatic heterocycles. The molecule has 1 fully saturated rings. The Morgan fingerprint density at radius 2 is 1.79 bits per heavy atom. The Balaban J connectivity index is 1.54. The number of carbonyl (C=O) groups excluding carboxylic acids is 1. The van der Waals surface area contributed by atoms with E-state index in [1.54, 1.807) is 0 Å². The molecule has 178 valence electrons. The summed E-state index contributed by atoms with van der Waals surface area (Å²) >= 11 is 0. The van der Waals surface area contributed by atoms with E-state index in [-0.39, 0.29) is 17.7 Å². The van der Waals surface area contributed by atoms with Crippen molar-refractivity contribution >= 4 is 5.91 Å². The molecular weight excluding hydrogens is 430 g/mol. The molecule has 1 heterocycles. The molecule has 5 heteroatoms. The van der Waals surface area contributed by atoms with Crippen LogP contribution in [-0.4, -0.2) is 25.5 Å². The van der Waals surface area contributed by atoms with Gasteiger partial charge in [-0.15, -0.1) is 0 Å². The minimum atomic E-state index is -0.509. The maximum atomic E-state index is 13.9. The van der Waals surface area contributed by atoms with Crippen LogP contribution in [0.15, 0.2) is 60.7 Å². The number of aryl methyl sites for hydroxylation is 1. The number of carbonyl (C=O) groups is 1. The second-order valence-corrected chi connectivity index (χ2v) is 9.30. The van der Waals surface area contributed by atoms with E-state index in [9.17, 15) is 13.6 Å². The number of nitrogens with one attached hydrogen (secondary N) is 2. The van der Waals surface area contributed by atoms with E-state index in [2.05, 4.69) is 47.9 Å². The number of benzene rings is 3. The Hall–Kier alpha value is -3.05. The van der Waals surface area contributed by atoms with Crippen LogP contribution in [-0.2, 0) is 17.6 Å². The molecule has 4 rings (SSSR count). The quantitative estimate of drug-likeness (QED) is 0.483. The summed E-state index contributed by atoms with van der Waals surface area (Å²) in [5.74, 6) is -0.645. The fourth-order valence-corrected chi connectivity index (χ4v) is 5.13. The van der Waals surface area contributed by atoms with Gasteiger partial charge in [0.05, 0.1) is 0 Å². The molecule has 0 radical (unpaired) electrons. The van der Waals surface area contributed by atoms with E-state index in [1.165, 1.54) is 41.3 Å². The SMILES string of the molecule is CC(=O)NCCc1ccccc1-c1ccc(C[C@@H]2CNCC[C@H]2c2cc(F)cc(F)c2)c(C)c1. The smallest absolute Gasteiger partial charge is 0.216 e. The Labute approximate surface area is 200 Å². The molecular formula is C29H32F2N2O. The van der Waals surface area contributed by atoms with Crippen LogP contribution >= 0.6 is 0 Å². The number of hydrogen-bond acceptors (Lipinski definition) is 2. The summed E-state index contributed by atoms with van der Waals surface area (Å²) in [5, 5.41) is 6.33. The topological polar surface area (TPSA) is 41.1 Å². The minimum absolute atomic E-state index is 0.0193. The highest BCUT2D eigenvalue weighted by atomic mass is 19.1. The van der Waals surface area contributed by atoms with Crippen LogP contribution in [0.1, 0.15) is 41.5 Å². The molecule has 2 N–H and O–H groups in total. The molecule has 1 aliphatic rings. The van der Waals surface area contributed by atoms with Crippen molar-refractivity contribution < 1.29 is 13.6 Å². The van der Waals surface area contributed by atoms with E-state index in [4.69, 9.17) is 0 Å². The molecule has 0 saturated carbocycles. The van der Waals surface area contributed by atoms with E-state index in [0.29, 0.717) is 6.54 Å². The molecule has 1 amide bonds. The summed E-state index contributed by atoms with van der Waals surface area (Å²) in [4.78, 5) is 11.2. The molecule has 1 aliphatic heterocycles. The highest BCUT2D eigenvalue weighted by molar-refractivity contribution is 5.73. The van der Waals surface area contributed by atoms with Gasteiger partial charge >= 0.3 is 0 Å². The third-order valence-electron chi connectivity index (χ3n) is 6.84. The average Bonchev–Trinajstić information content (AvgIpc) is 2.80. The second-order valence-electron chi connectivity index (χ2n) is 9.30. The first kappa shape index (κ1) is 24.1. The van der Waals surface area contributed by atoms with Gasteiger partial charge in [0.1, 0.15) is 11.6 Å². The van der Waals surface area contributed by atoms with Gasteiger partial charge in [-0.1, -0.05) is 42.5 Å². The van der Waals surface area contributed by atoms with Crippen molar-refractivity contribution in [3.63, 3.8) is 0 Å². The summed E-state index contributed by atoms with van der Waals surface area (Å²) in [7, 11) is 0. The van der Waals surface area contributed by atoms with Crippen molar-refractivity contribution in [2.24, 2.45) is 5.92 Å². The molecule has 2 atom stereocenters. The van der Waals surface area contributed by atoms with Gasteiger partial charge < -0.3 is 10.6 Å². The van der Waals surface area contributed by atoms with Crippen LogP contribution in [0.5, 0.6) is 0 Å². The van der Waals surface area contributed by atoms with Crippen LogP contribution in [0.2, 0.25) is 0 Å². The highest BCUT2D eigenvalue weighted by Gasteiger charge is 2.27. The first-order chi connectivity index (χ1) is 16.4. The number of piperidine rings is 1. The molecule has 3 aromatic rings. The van der Waals surface area contributed by atoms with Gasteiger partial charge in [-0.3, -0.25) is 4.79 Å². The Morgan fingerprint density at radius 1 is 1.03 bits per heavy atom. The standard InChI is InChI=1S/C29H32F2N2O/c1-19-13-23(28-6-4-3-5-21(28)9-12-33-20(2)34)8-7-22(19)14-25-18-32-11-10-29(25)24-15-26(30)17-27(31)16-24/h3-8,13,15-17,25,29,32H,9-12,14,18H2,1-2H3,(H,33,34)/t25-,29+/m1/s1. The summed E-state index contributed by atoms with van der Waals surface area (Å²) in [6.45, 7) is 5.96. The lowest BCUT2D eigenvalue weighted by Crippen LogP contribution is -2.36. The minimum Gasteiger partial charge on any atom is -0.356 e. The van der Waals surface area contributed by atoms with Crippen LogP contribution in [0.4, 0.5) is 8.78 Å². The van der Waals surface area contributed by atoms with Crippen molar-refractivity contribution in [1.29, 1.82) is 0 Å². The van der Waals surface area contributed by atoms with Crippen LogP contribution in [0.25, 0.3) is 11.1 Å². The second kappa shape index (κ2) is 10.9. The molecule has 0 unspecified atom stereocenters. The van der Waals surface area contributed by atoms with E-state index >= 15 is 0 Å². The van der Waals surface area contributed by atoms with Crippen LogP contribution < -0.4 is 10.6 Å².